The summed E-state index contributed by atoms with van der Waals surface area (Å²) in [6.07, 6.45) is 1.91. The van der Waals surface area contributed by atoms with Crippen LogP contribution in [0.2, 0.25) is 5.15 Å². The molecule has 0 radical (unpaired) electrons. The summed E-state index contributed by atoms with van der Waals surface area (Å²) < 4.78 is 0. The zero-order valence-electron chi connectivity index (χ0n) is 11.7. The molecule has 1 amide bonds. The number of rotatable bonds is 6. The number of hydrogen-bond donors (Lipinski definition) is 1. The van der Waals surface area contributed by atoms with Crippen LogP contribution >= 0.6 is 11.6 Å². The third-order valence-corrected chi connectivity index (χ3v) is 3.02. The first kappa shape index (κ1) is 15.9. The minimum absolute atomic E-state index is 0.0951. The molecule has 0 spiro atoms. The fourth-order valence-corrected chi connectivity index (χ4v) is 1.99. The molecule has 4 nitrogen and oxygen atoms in total. The van der Waals surface area contributed by atoms with Crippen molar-refractivity contribution in [2.45, 2.75) is 39.2 Å². The predicted molar refractivity (Wildman–Crippen MR) is 76.5 cm³/mol. The zero-order valence-corrected chi connectivity index (χ0v) is 12.4. The molecule has 1 aromatic heterocycles. The molecule has 106 valence electrons. The second-order valence-corrected chi connectivity index (χ2v) is 5.17. The van der Waals surface area contributed by atoms with Crippen molar-refractivity contribution in [3.63, 3.8) is 0 Å². The van der Waals surface area contributed by atoms with E-state index in [9.17, 15) is 9.90 Å². The Morgan fingerprint density at radius 2 is 2.21 bits per heavy atom. The Balaban J connectivity index is 2.80. The lowest BCUT2D eigenvalue weighted by Gasteiger charge is -2.18. The number of aromatic nitrogens is 1. The van der Waals surface area contributed by atoms with Crippen molar-refractivity contribution in [2.75, 3.05) is 13.6 Å². The van der Waals surface area contributed by atoms with Crippen LogP contribution in [0.15, 0.2) is 12.1 Å². The Hall–Kier alpha value is -1.13. The van der Waals surface area contributed by atoms with Crippen molar-refractivity contribution in [3.8, 4) is 0 Å². The van der Waals surface area contributed by atoms with Gasteiger partial charge < -0.3 is 10.0 Å². The van der Waals surface area contributed by atoms with Crippen molar-refractivity contribution in [3.05, 3.63) is 28.5 Å². The SMILES string of the molecule is CCCc1cc(C(=O)N(C)CCC(C)O)cc(Cl)n1. The van der Waals surface area contributed by atoms with E-state index < -0.39 is 6.10 Å². The van der Waals surface area contributed by atoms with Crippen LogP contribution in [0.1, 0.15) is 42.7 Å². The third-order valence-electron chi connectivity index (χ3n) is 2.83. The number of halogens is 1. The zero-order chi connectivity index (χ0) is 14.4. The first-order valence-corrected chi connectivity index (χ1v) is 6.91. The molecular formula is C14H21ClN2O2. The van der Waals surface area contributed by atoms with E-state index in [1.54, 1.807) is 31.0 Å². The Labute approximate surface area is 119 Å². The average Bonchev–Trinajstić information content (AvgIpc) is 2.34. The summed E-state index contributed by atoms with van der Waals surface area (Å²) in [7, 11) is 1.72. The molecule has 1 heterocycles. The third kappa shape index (κ3) is 5.17. The lowest BCUT2D eigenvalue weighted by molar-refractivity contribution is 0.0768. The monoisotopic (exact) mass is 284 g/mol. The molecule has 5 heteroatoms. The summed E-state index contributed by atoms with van der Waals surface area (Å²) >= 11 is 5.94. The molecule has 1 N–H and O–H groups in total. The van der Waals surface area contributed by atoms with E-state index in [4.69, 9.17) is 11.6 Å². The smallest absolute Gasteiger partial charge is 0.253 e. The molecular weight excluding hydrogens is 264 g/mol. The first-order valence-electron chi connectivity index (χ1n) is 6.54. The highest BCUT2D eigenvalue weighted by Gasteiger charge is 2.14. The number of amides is 1. The van der Waals surface area contributed by atoms with E-state index in [1.165, 1.54) is 0 Å². The summed E-state index contributed by atoms with van der Waals surface area (Å²) in [5.74, 6) is -0.0951. The van der Waals surface area contributed by atoms with Gasteiger partial charge in [-0.1, -0.05) is 24.9 Å². The standard InChI is InChI=1S/C14H21ClN2O2/c1-4-5-12-8-11(9-13(15)16-12)14(19)17(3)7-6-10(2)18/h8-10,18H,4-7H2,1-3H3. The molecule has 1 aromatic rings. The predicted octanol–water partition coefficient (Wildman–Crippen LogP) is 2.53. The van der Waals surface area contributed by atoms with E-state index in [0.29, 0.717) is 23.7 Å². The quantitative estimate of drug-likeness (QED) is 0.817. The van der Waals surface area contributed by atoms with Gasteiger partial charge in [0.2, 0.25) is 0 Å². The summed E-state index contributed by atoms with van der Waals surface area (Å²) in [5.41, 5.74) is 1.39. The Morgan fingerprint density at radius 1 is 1.53 bits per heavy atom. The van der Waals surface area contributed by atoms with Crippen molar-refractivity contribution in [1.29, 1.82) is 0 Å². The van der Waals surface area contributed by atoms with Gasteiger partial charge in [0.15, 0.2) is 0 Å². The Morgan fingerprint density at radius 3 is 2.79 bits per heavy atom. The van der Waals surface area contributed by atoms with Crippen LogP contribution in [-0.2, 0) is 6.42 Å². The summed E-state index contributed by atoms with van der Waals surface area (Å²) in [6.45, 7) is 4.28. The highest BCUT2D eigenvalue weighted by atomic mass is 35.5. The maximum Gasteiger partial charge on any atom is 0.253 e. The second kappa shape index (κ2) is 7.46. The van der Waals surface area contributed by atoms with Gasteiger partial charge in [0.25, 0.3) is 5.91 Å². The molecule has 0 aliphatic rings. The number of hydrogen-bond acceptors (Lipinski definition) is 3. The van der Waals surface area contributed by atoms with Gasteiger partial charge >= 0.3 is 0 Å². The largest absolute Gasteiger partial charge is 0.393 e. The highest BCUT2D eigenvalue weighted by molar-refractivity contribution is 6.29. The van der Waals surface area contributed by atoms with Crippen molar-refractivity contribution in [2.24, 2.45) is 0 Å². The molecule has 0 aliphatic carbocycles. The molecule has 1 rings (SSSR count). The van der Waals surface area contributed by atoms with E-state index in [1.807, 2.05) is 0 Å². The molecule has 0 aromatic carbocycles. The van der Waals surface area contributed by atoms with Crippen LogP contribution in [0.25, 0.3) is 0 Å². The first-order chi connectivity index (χ1) is 8.93. The molecule has 1 atom stereocenters. The molecule has 19 heavy (non-hydrogen) atoms. The van der Waals surface area contributed by atoms with Crippen molar-refractivity contribution in [1.82, 2.24) is 9.88 Å². The summed E-state index contributed by atoms with van der Waals surface area (Å²) in [6, 6.07) is 3.37. The molecule has 0 bridgehead atoms. The lowest BCUT2D eigenvalue weighted by Crippen LogP contribution is -2.29. The van der Waals surface area contributed by atoms with Crippen LogP contribution < -0.4 is 0 Å². The minimum Gasteiger partial charge on any atom is -0.393 e. The maximum absolute atomic E-state index is 12.2. The van der Waals surface area contributed by atoms with E-state index >= 15 is 0 Å². The van der Waals surface area contributed by atoms with Gasteiger partial charge in [-0.3, -0.25) is 4.79 Å². The number of carbonyl (C=O) groups excluding carboxylic acids is 1. The van der Waals surface area contributed by atoms with Gasteiger partial charge in [-0.2, -0.15) is 0 Å². The maximum atomic E-state index is 12.2. The molecule has 0 saturated carbocycles. The fourth-order valence-electron chi connectivity index (χ4n) is 1.76. The number of carbonyl (C=O) groups is 1. The fraction of sp³-hybridized carbons (Fsp3) is 0.571. The molecule has 0 aliphatic heterocycles. The summed E-state index contributed by atoms with van der Waals surface area (Å²) in [5, 5.41) is 9.59. The van der Waals surface area contributed by atoms with Gasteiger partial charge in [0, 0.05) is 24.8 Å². The Bertz CT molecular complexity index is 435. The van der Waals surface area contributed by atoms with Crippen molar-refractivity contribution >= 4 is 17.5 Å². The van der Waals surface area contributed by atoms with Crippen LogP contribution in [0.3, 0.4) is 0 Å². The number of aliphatic hydroxyl groups is 1. The minimum atomic E-state index is -0.410. The van der Waals surface area contributed by atoms with Crippen LogP contribution in [0, 0.1) is 0 Å². The van der Waals surface area contributed by atoms with E-state index in [-0.39, 0.29) is 5.91 Å². The van der Waals surface area contributed by atoms with Gasteiger partial charge in [-0.25, -0.2) is 4.98 Å². The topological polar surface area (TPSA) is 53.4 Å². The number of nitrogens with zero attached hydrogens (tertiary/aromatic N) is 2. The molecule has 0 saturated heterocycles. The van der Waals surface area contributed by atoms with E-state index in [2.05, 4.69) is 11.9 Å². The number of aryl methyl sites for hydroxylation is 1. The van der Waals surface area contributed by atoms with Crippen LogP contribution in [0.5, 0.6) is 0 Å². The molecule has 0 fully saturated rings. The van der Waals surface area contributed by atoms with E-state index in [0.717, 1.165) is 18.5 Å². The molecule has 1 unspecified atom stereocenters. The normalized spacial score (nSPS) is 12.3. The number of pyridine rings is 1. The Kier molecular flexibility index (Phi) is 6.25. The highest BCUT2D eigenvalue weighted by Crippen LogP contribution is 2.14. The average molecular weight is 285 g/mol. The van der Waals surface area contributed by atoms with Crippen LogP contribution in [0.4, 0.5) is 0 Å². The lowest BCUT2D eigenvalue weighted by atomic mass is 10.1. The summed E-state index contributed by atoms with van der Waals surface area (Å²) in [4.78, 5) is 18.0. The van der Waals surface area contributed by atoms with Crippen LogP contribution in [-0.4, -0.2) is 40.6 Å². The van der Waals surface area contributed by atoms with Gasteiger partial charge in [0.05, 0.1) is 6.10 Å². The number of aliphatic hydroxyl groups excluding tert-OH is 1. The second-order valence-electron chi connectivity index (χ2n) is 4.78. The van der Waals surface area contributed by atoms with Gasteiger partial charge in [-0.05, 0) is 31.9 Å². The van der Waals surface area contributed by atoms with Crippen molar-refractivity contribution < 1.29 is 9.90 Å². The van der Waals surface area contributed by atoms with Gasteiger partial charge in [-0.15, -0.1) is 0 Å². The van der Waals surface area contributed by atoms with Gasteiger partial charge in [0.1, 0.15) is 5.15 Å².